The second-order valence-electron chi connectivity index (χ2n) is 8.81. The van der Waals surface area contributed by atoms with Crippen LogP contribution in [-0.4, -0.2) is 60.8 Å². The molecule has 1 saturated heterocycles. The van der Waals surface area contributed by atoms with Crippen LogP contribution in [0.25, 0.3) is 0 Å². The van der Waals surface area contributed by atoms with Crippen molar-refractivity contribution in [3.8, 4) is 0 Å². The van der Waals surface area contributed by atoms with Crippen molar-refractivity contribution in [3.63, 3.8) is 0 Å². The quantitative estimate of drug-likeness (QED) is 0.649. The molecule has 2 bridgehead atoms. The molecule has 4 rings (SSSR count). The fraction of sp³-hybridized carbons (Fsp3) is 0.565. The highest BCUT2D eigenvalue weighted by Crippen LogP contribution is 2.48. The van der Waals surface area contributed by atoms with Crippen molar-refractivity contribution >= 4 is 21.9 Å². The van der Waals surface area contributed by atoms with E-state index in [0.29, 0.717) is 0 Å². The van der Waals surface area contributed by atoms with Crippen LogP contribution in [0.1, 0.15) is 31.7 Å². The molecule has 168 valence electrons. The molecule has 2 aliphatic carbocycles. The minimum absolute atomic E-state index is 0.0217. The zero-order valence-corrected chi connectivity index (χ0v) is 18.6. The zero-order chi connectivity index (χ0) is 22.2. The van der Waals surface area contributed by atoms with E-state index in [-0.39, 0.29) is 48.8 Å². The lowest BCUT2D eigenvalue weighted by molar-refractivity contribution is -0.151. The number of sulfonamides is 1. The number of carboxylic acids is 1. The van der Waals surface area contributed by atoms with Crippen LogP contribution >= 0.6 is 0 Å². The summed E-state index contributed by atoms with van der Waals surface area (Å²) in [6.07, 6.45) is 7.71. The number of hydrogen-bond donors (Lipinski definition) is 1. The molecular weight excluding hydrogens is 416 g/mol. The van der Waals surface area contributed by atoms with Gasteiger partial charge in [-0.2, -0.15) is 4.31 Å². The van der Waals surface area contributed by atoms with Crippen molar-refractivity contribution < 1.29 is 23.1 Å². The SMILES string of the molecule is CCCCc1ccc(S(=O)(=O)N2CCN(C(=O)C3C4C=CC(C4)C3C(=O)O)CC2)cc1. The van der Waals surface area contributed by atoms with Crippen LogP contribution < -0.4 is 0 Å². The number of carbonyl (C=O) groups excluding carboxylic acids is 1. The number of carboxylic acid groups (broad SMARTS) is 1. The topological polar surface area (TPSA) is 95.0 Å². The Kier molecular flexibility index (Phi) is 6.21. The van der Waals surface area contributed by atoms with Gasteiger partial charge >= 0.3 is 5.97 Å². The minimum Gasteiger partial charge on any atom is -0.481 e. The lowest BCUT2D eigenvalue weighted by Crippen LogP contribution is -2.53. The highest BCUT2D eigenvalue weighted by molar-refractivity contribution is 7.89. The van der Waals surface area contributed by atoms with Crippen molar-refractivity contribution in [1.82, 2.24) is 9.21 Å². The van der Waals surface area contributed by atoms with E-state index in [0.717, 1.165) is 31.2 Å². The molecule has 0 radical (unpaired) electrons. The lowest BCUT2D eigenvalue weighted by Gasteiger charge is -2.37. The molecule has 8 heteroatoms. The van der Waals surface area contributed by atoms with Gasteiger partial charge in [0.25, 0.3) is 0 Å². The number of aryl methyl sites for hydroxylation is 1. The number of aliphatic carboxylic acids is 1. The van der Waals surface area contributed by atoms with E-state index in [1.165, 1.54) is 4.31 Å². The first-order valence-corrected chi connectivity index (χ1v) is 12.6. The van der Waals surface area contributed by atoms with Crippen molar-refractivity contribution in [3.05, 3.63) is 42.0 Å². The first-order valence-electron chi connectivity index (χ1n) is 11.1. The van der Waals surface area contributed by atoms with Gasteiger partial charge < -0.3 is 10.0 Å². The maximum Gasteiger partial charge on any atom is 0.307 e. The van der Waals surface area contributed by atoms with Crippen LogP contribution in [0.4, 0.5) is 0 Å². The zero-order valence-electron chi connectivity index (χ0n) is 17.8. The van der Waals surface area contributed by atoms with Crippen LogP contribution in [0, 0.1) is 23.7 Å². The van der Waals surface area contributed by atoms with E-state index in [4.69, 9.17) is 0 Å². The van der Waals surface area contributed by atoms with Gasteiger partial charge in [-0.25, -0.2) is 8.42 Å². The van der Waals surface area contributed by atoms with Crippen LogP contribution in [0.5, 0.6) is 0 Å². The third-order valence-corrected chi connectivity index (χ3v) is 8.87. The van der Waals surface area contributed by atoms with Gasteiger partial charge in [0.15, 0.2) is 0 Å². The van der Waals surface area contributed by atoms with Gasteiger partial charge in [-0.3, -0.25) is 9.59 Å². The second-order valence-corrected chi connectivity index (χ2v) is 10.8. The first kappa shape index (κ1) is 22.0. The summed E-state index contributed by atoms with van der Waals surface area (Å²) < 4.78 is 27.5. The molecule has 1 heterocycles. The van der Waals surface area contributed by atoms with Crippen LogP contribution in [0.15, 0.2) is 41.3 Å². The molecule has 1 saturated carbocycles. The van der Waals surface area contributed by atoms with Crippen LogP contribution in [0.2, 0.25) is 0 Å². The molecule has 0 aromatic heterocycles. The average molecular weight is 447 g/mol. The Bertz CT molecular complexity index is 964. The number of allylic oxidation sites excluding steroid dienone is 2. The van der Waals surface area contributed by atoms with E-state index in [2.05, 4.69) is 6.92 Å². The van der Waals surface area contributed by atoms with E-state index in [9.17, 15) is 23.1 Å². The fourth-order valence-corrected chi connectivity index (χ4v) is 6.64. The van der Waals surface area contributed by atoms with Gasteiger partial charge in [-0.15, -0.1) is 0 Å². The number of fused-ring (bicyclic) bond motifs is 2. The Morgan fingerprint density at radius 3 is 2.19 bits per heavy atom. The highest BCUT2D eigenvalue weighted by Gasteiger charge is 2.52. The highest BCUT2D eigenvalue weighted by atomic mass is 32.2. The minimum atomic E-state index is -3.61. The maximum atomic E-state index is 13.1. The molecule has 4 unspecified atom stereocenters. The summed E-state index contributed by atoms with van der Waals surface area (Å²) in [5.74, 6) is -2.37. The summed E-state index contributed by atoms with van der Waals surface area (Å²) in [6, 6.07) is 7.07. The van der Waals surface area contributed by atoms with Crippen molar-refractivity contribution in [1.29, 1.82) is 0 Å². The molecule has 3 aliphatic rings. The van der Waals surface area contributed by atoms with Gasteiger partial charge in [0, 0.05) is 26.2 Å². The van der Waals surface area contributed by atoms with Gasteiger partial charge in [-0.05, 0) is 48.8 Å². The standard InChI is InChI=1S/C23H30N2O5S/c1-2-3-4-16-5-9-19(10-6-16)31(29,30)25-13-11-24(12-14-25)22(26)20-17-7-8-18(15-17)21(20)23(27)28/h5-10,17-18,20-21H,2-4,11-15H2,1H3,(H,27,28). The normalized spacial score (nSPS) is 28.2. The Labute approximate surface area is 183 Å². The second kappa shape index (κ2) is 8.74. The van der Waals surface area contributed by atoms with E-state index >= 15 is 0 Å². The molecule has 4 atom stereocenters. The van der Waals surface area contributed by atoms with Crippen LogP contribution in [-0.2, 0) is 26.0 Å². The molecular formula is C23H30N2O5S. The Hall–Kier alpha value is -2.19. The van der Waals surface area contributed by atoms with Crippen molar-refractivity contribution in [2.24, 2.45) is 23.7 Å². The molecule has 31 heavy (non-hydrogen) atoms. The monoisotopic (exact) mass is 446 g/mol. The third kappa shape index (κ3) is 4.15. The summed E-state index contributed by atoms with van der Waals surface area (Å²) in [5.41, 5.74) is 1.13. The smallest absolute Gasteiger partial charge is 0.307 e. The Morgan fingerprint density at radius 2 is 1.61 bits per heavy atom. The number of amides is 1. The average Bonchev–Trinajstić information content (AvgIpc) is 3.39. The number of carbonyl (C=O) groups is 2. The van der Waals surface area contributed by atoms with E-state index in [1.807, 2.05) is 24.3 Å². The number of hydrogen-bond acceptors (Lipinski definition) is 4. The molecule has 2 fully saturated rings. The molecule has 7 nitrogen and oxygen atoms in total. The van der Waals surface area contributed by atoms with E-state index < -0.39 is 27.8 Å². The number of rotatable bonds is 7. The predicted octanol–water partition coefficient (Wildman–Crippen LogP) is 2.39. The summed E-state index contributed by atoms with van der Waals surface area (Å²) >= 11 is 0. The summed E-state index contributed by atoms with van der Waals surface area (Å²) in [4.78, 5) is 26.8. The largest absolute Gasteiger partial charge is 0.481 e. The number of nitrogens with zero attached hydrogens (tertiary/aromatic N) is 2. The summed E-state index contributed by atoms with van der Waals surface area (Å²) in [6.45, 7) is 3.15. The maximum absolute atomic E-state index is 13.1. The first-order chi connectivity index (χ1) is 14.8. The molecule has 0 spiro atoms. The fourth-order valence-electron chi connectivity index (χ4n) is 5.21. The van der Waals surface area contributed by atoms with Gasteiger partial charge in [0.2, 0.25) is 15.9 Å². The third-order valence-electron chi connectivity index (χ3n) is 6.96. The number of benzene rings is 1. The Morgan fingerprint density at radius 1 is 1.00 bits per heavy atom. The van der Waals surface area contributed by atoms with E-state index in [1.54, 1.807) is 17.0 Å². The number of unbranched alkanes of at least 4 members (excludes halogenated alkanes) is 1. The Balaban J connectivity index is 1.39. The van der Waals surface area contributed by atoms with Crippen molar-refractivity contribution in [2.45, 2.75) is 37.5 Å². The van der Waals surface area contributed by atoms with Crippen molar-refractivity contribution in [2.75, 3.05) is 26.2 Å². The molecule has 1 amide bonds. The molecule has 1 aromatic rings. The molecule has 1 aromatic carbocycles. The predicted molar refractivity (Wildman–Crippen MR) is 116 cm³/mol. The molecule has 1 N–H and O–H groups in total. The lowest BCUT2D eigenvalue weighted by atomic mass is 9.82. The van der Waals surface area contributed by atoms with Gasteiger partial charge in [0.05, 0.1) is 16.7 Å². The summed E-state index contributed by atoms with van der Waals surface area (Å²) in [7, 11) is -3.61. The summed E-state index contributed by atoms with van der Waals surface area (Å²) in [5, 5.41) is 9.60. The van der Waals surface area contributed by atoms with Crippen LogP contribution in [0.3, 0.4) is 0 Å². The number of piperazine rings is 1. The van der Waals surface area contributed by atoms with Gasteiger partial charge in [-0.1, -0.05) is 37.6 Å². The molecule has 1 aliphatic heterocycles. The van der Waals surface area contributed by atoms with Gasteiger partial charge in [0.1, 0.15) is 0 Å².